The molecular weight excluding hydrogens is 361 g/mol. The number of halogens is 2. The van der Waals surface area contributed by atoms with Crippen LogP contribution in [0.25, 0.3) is 0 Å². The number of likely N-dealkylation sites (N-methyl/N-ethyl adjacent to an activating group) is 1. The molecule has 0 saturated heterocycles. The maximum Gasteiger partial charge on any atom is 0.238 e. The lowest BCUT2D eigenvalue weighted by molar-refractivity contribution is -0.119. The van der Waals surface area contributed by atoms with E-state index in [0.717, 1.165) is 0 Å². The Kier molecular flexibility index (Phi) is 6.94. The van der Waals surface area contributed by atoms with E-state index in [1.807, 2.05) is 0 Å². The average Bonchev–Trinajstić information content (AvgIpc) is 2.57. The summed E-state index contributed by atoms with van der Waals surface area (Å²) in [5, 5.41) is 5.46. The number of methoxy groups -OCH3 is 1. The molecule has 8 heteroatoms. The van der Waals surface area contributed by atoms with Gasteiger partial charge in [0.05, 0.1) is 25.9 Å². The number of amides is 2. The Balaban J connectivity index is 1.85. The van der Waals surface area contributed by atoms with Gasteiger partial charge in [0.15, 0.2) is 0 Å². The minimum absolute atomic E-state index is 0.00303. The number of rotatable bonds is 7. The van der Waals surface area contributed by atoms with Crippen molar-refractivity contribution in [2.45, 2.75) is 0 Å². The number of nitrogens with zero attached hydrogens (tertiary/aromatic N) is 1. The lowest BCUT2D eigenvalue weighted by atomic mass is 10.3. The van der Waals surface area contributed by atoms with Crippen molar-refractivity contribution in [3.8, 4) is 5.75 Å². The predicted octanol–water partition coefficient (Wildman–Crippen LogP) is 3.00. The molecule has 0 aliphatic carbocycles. The van der Waals surface area contributed by atoms with Crippen molar-refractivity contribution in [2.75, 3.05) is 37.9 Å². The summed E-state index contributed by atoms with van der Waals surface area (Å²) in [7, 11) is 3.15. The van der Waals surface area contributed by atoms with Crippen LogP contribution in [-0.4, -0.2) is 44.0 Å². The van der Waals surface area contributed by atoms with E-state index in [2.05, 4.69) is 10.6 Å². The van der Waals surface area contributed by atoms with Crippen molar-refractivity contribution in [1.29, 1.82) is 0 Å². The van der Waals surface area contributed by atoms with Crippen LogP contribution in [0.3, 0.4) is 0 Å². The quantitative estimate of drug-likeness (QED) is 0.775. The van der Waals surface area contributed by atoms with Gasteiger partial charge >= 0.3 is 0 Å². The molecule has 0 spiro atoms. The summed E-state index contributed by atoms with van der Waals surface area (Å²) in [4.78, 5) is 25.6. The summed E-state index contributed by atoms with van der Waals surface area (Å²) in [5.74, 6) is -0.703. The van der Waals surface area contributed by atoms with Crippen molar-refractivity contribution >= 4 is 34.8 Å². The van der Waals surface area contributed by atoms with Gasteiger partial charge in [-0.05, 0) is 37.4 Å². The van der Waals surface area contributed by atoms with Gasteiger partial charge in [0.25, 0.3) is 0 Å². The number of hydrogen-bond acceptors (Lipinski definition) is 4. The normalized spacial score (nSPS) is 10.5. The second-order valence-electron chi connectivity index (χ2n) is 5.62. The fraction of sp³-hybridized carbons (Fsp3) is 0.222. The highest BCUT2D eigenvalue weighted by molar-refractivity contribution is 6.30. The SMILES string of the molecule is COc1cccc(NC(=O)CN(C)CC(=O)Nc2cc(Cl)ccc2F)c1. The summed E-state index contributed by atoms with van der Waals surface area (Å²) < 4.78 is 18.7. The molecule has 0 bridgehead atoms. The summed E-state index contributed by atoms with van der Waals surface area (Å²) in [6.45, 7) is -0.0971. The zero-order chi connectivity index (χ0) is 19.1. The molecule has 2 aromatic rings. The Morgan fingerprint density at radius 3 is 2.50 bits per heavy atom. The Labute approximate surface area is 155 Å². The van der Waals surface area contributed by atoms with Crippen molar-refractivity contribution in [2.24, 2.45) is 0 Å². The van der Waals surface area contributed by atoms with Crippen molar-refractivity contribution in [1.82, 2.24) is 4.90 Å². The van der Waals surface area contributed by atoms with Crippen LogP contribution in [0.4, 0.5) is 15.8 Å². The predicted molar refractivity (Wildman–Crippen MR) is 99.2 cm³/mol. The average molecular weight is 380 g/mol. The molecule has 2 amide bonds. The molecule has 2 N–H and O–H groups in total. The molecule has 0 radical (unpaired) electrons. The maximum atomic E-state index is 13.6. The Morgan fingerprint density at radius 2 is 1.81 bits per heavy atom. The van der Waals surface area contributed by atoms with E-state index in [0.29, 0.717) is 16.5 Å². The molecule has 0 atom stereocenters. The standard InChI is InChI=1S/C18H19ClFN3O3/c1-23(10-17(24)21-13-4-3-5-14(9-13)26-2)11-18(25)22-16-8-12(19)6-7-15(16)20/h3-9H,10-11H2,1-2H3,(H,21,24)(H,22,25). The summed E-state index contributed by atoms with van der Waals surface area (Å²) >= 11 is 5.78. The van der Waals surface area contributed by atoms with E-state index in [1.54, 1.807) is 31.3 Å². The number of hydrogen-bond donors (Lipinski definition) is 2. The zero-order valence-electron chi connectivity index (χ0n) is 14.4. The molecule has 138 valence electrons. The highest BCUT2D eigenvalue weighted by atomic mass is 35.5. The van der Waals surface area contributed by atoms with Crippen LogP contribution < -0.4 is 15.4 Å². The van der Waals surface area contributed by atoms with Crippen molar-refractivity contribution < 1.29 is 18.7 Å². The number of carbonyl (C=O) groups excluding carboxylic acids is 2. The molecule has 0 fully saturated rings. The van der Waals surface area contributed by atoms with Gasteiger partial charge in [-0.2, -0.15) is 0 Å². The number of anilines is 2. The third kappa shape index (κ3) is 6.02. The van der Waals surface area contributed by atoms with Crippen LogP contribution in [-0.2, 0) is 9.59 Å². The van der Waals surface area contributed by atoms with E-state index in [4.69, 9.17) is 16.3 Å². The maximum absolute atomic E-state index is 13.6. The smallest absolute Gasteiger partial charge is 0.238 e. The molecule has 0 aromatic heterocycles. The highest BCUT2D eigenvalue weighted by Crippen LogP contribution is 2.19. The lowest BCUT2D eigenvalue weighted by Crippen LogP contribution is -2.36. The topological polar surface area (TPSA) is 70.7 Å². The van der Waals surface area contributed by atoms with Crippen LogP contribution in [0.2, 0.25) is 5.02 Å². The van der Waals surface area contributed by atoms with Crippen LogP contribution in [0.15, 0.2) is 42.5 Å². The molecule has 0 saturated carbocycles. The molecular formula is C18H19ClFN3O3. The first-order valence-electron chi connectivity index (χ1n) is 7.74. The van der Waals surface area contributed by atoms with Gasteiger partial charge in [-0.1, -0.05) is 17.7 Å². The van der Waals surface area contributed by atoms with Crippen molar-refractivity contribution in [3.63, 3.8) is 0 Å². The highest BCUT2D eigenvalue weighted by Gasteiger charge is 2.13. The third-order valence-electron chi connectivity index (χ3n) is 3.38. The van der Waals surface area contributed by atoms with Crippen LogP contribution in [0, 0.1) is 5.82 Å². The van der Waals surface area contributed by atoms with E-state index in [-0.39, 0.29) is 24.7 Å². The Hall–Kier alpha value is -2.64. The molecule has 6 nitrogen and oxygen atoms in total. The second kappa shape index (κ2) is 9.17. The van der Waals surface area contributed by atoms with Gasteiger partial charge in [-0.15, -0.1) is 0 Å². The molecule has 2 rings (SSSR count). The van der Waals surface area contributed by atoms with Gasteiger partial charge in [-0.3, -0.25) is 14.5 Å². The summed E-state index contributed by atoms with van der Waals surface area (Å²) in [6.07, 6.45) is 0. The number of carbonyl (C=O) groups is 2. The third-order valence-corrected chi connectivity index (χ3v) is 3.62. The minimum atomic E-state index is -0.582. The van der Waals surface area contributed by atoms with Crippen LogP contribution >= 0.6 is 11.6 Å². The monoisotopic (exact) mass is 379 g/mol. The van der Waals surface area contributed by atoms with Gasteiger partial charge in [0, 0.05) is 16.8 Å². The largest absolute Gasteiger partial charge is 0.497 e. The zero-order valence-corrected chi connectivity index (χ0v) is 15.1. The van der Waals surface area contributed by atoms with Crippen molar-refractivity contribution in [3.05, 3.63) is 53.3 Å². The minimum Gasteiger partial charge on any atom is -0.497 e. The van der Waals surface area contributed by atoms with E-state index < -0.39 is 11.7 Å². The molecule has 0 unspecified atom stereocenters. The van der Waals surface area contributed by atoms with Crippen LogP contribution in [0.1, 0.15) is 0 Å². The molecule has 0 aliphatic heterocycles. The molecule has 0 heterocycles. The van der Waals surface area contributed by atoms with Gasteiger partial charge in [-0.25, -0.2) is 4.39 Å². The first kappa shape index (κ1) is 19.7. The fourth-order valence-corrected chi connectivity index (χ4v) is 2.40. The second-order valence-corrected chi connectivity index (χ2v) is 6.06. The number of nitrogens with one attached hydrogen (secondary N) is 2. The van der Waals surface area contributed by atoms with Crippen LogP contribution in [0.5, 0.6) is 5.75 Å². The molecule has 0 aliphatic rings. The Bertz CT molecular complexity index is 801. The number of benzene rings is 2. The lowest BCUT2D eigenvalue weighted by Gasteiger charge is -2.16. The summed E-state index contributed by atoms with van der Waals surface area (Å²) in [6, 6.07) is 10.8. The molecule has 2 aromatic carbocycles. The first-order chi connectivity index (χ1) is 12.4. The number of ether oxygens (including phenoxy) is 1. The Morgan fingerprint density at radius 1 is 1.12 bits per heavy atom. The molecule has 26 heavy (non-hydrogen) atoms. The van der Waals surface area contributed by atoms with E-state index in [1.165, 1.54) is 30.2 Å². The fourth-order valence-electron chi connectivity index (χ4n) is 2.23. The van der Waals surface area contributed by atoms with E-state index >= 15 is 0 Å². The summed E-state index contributed by atoms with van der Waals surface area (Å²) in [5.41, 5.74) is 0.588. The van der Waals surface area contributed by atoms with Gasteiger partial charge < -0.3 is 15.4 Å². The van der Waals surface area contributed by atoms with E-state index in [9.17, 15) is 14.0 Å². The van der Waals surface area contributed by atoms with Gasteiger partial charge in [0.2, 0.25) is 11.8 Å². The first-order valence-corrected chi connectivity index (χ1v) is 8.12. The van der Waals surface area contributed by atoms with Gasteiger partial charge in [0.1, 0.15) is 11.6 Å².